The zero-order valence-corrected chi connectivity index (χ0v) is 12.2. The minimum Gasteiger partial charge on any atom is -0.399 e. The summed E-state index contributed by atoms with van der Waals surface area (Å²) in [6.45, 7) is 2.96. The highest BCUT2D eigenvalue weighted by Gasteiger charge is 2.27. The van der Waals surface area contributed by atoms with Crippen LogP contribution in [-0.2, 0) is 14.8 Å². The van der Waals surface area contributed by atoms with Gasteiger partial charge < -0.3 is 10.6 Å². The van der Waals surface area contributed by atoms with Crippen molar-refractivity contribution in [3.05, 3.63) is 24.3 Å². The van der Waals surface area contributed by atoms with Crippen molar-refractivity contribution < 1.29 is 13.2 Å². The third-order valence-corrected chi connectivity index (χ3v) is 4.83. The van der Waals surface area contributed by atoms with E-state index < -0.39 is 16.1 Å². The van der Waals surface area contributed by atoms with E-state index in [4.69, 9.17) is 5.73 Å². The summed E-state index contributed by atoms with van der Waals surface area (Å²) in [4.78, 5) is 13.9. The van der Waals surface area contributed by atoms with Crippen LogP contribution in [0, 0.1) is 0 Å². The Balaban J connectivity index is 2.09. The summed E-state index contributed by atoms with van der Waals surface area (Å²) < 4.78 is 26.8. The number of anilines is 1. The number of nitrogen functional groups attached to an aromatic ring is 1. The summed E-state index contributed by atoms with van der Waals surface area (Å²) in [5.41, 5.74) is 5.95. The van der Waals surface area contributed by atoms with Crippen LogP contribution in [0.4, 0.5) is 5.69 Å². The molecule has 0 aromatic heterocycles. The van der Waals surface area contributed by atoms with Gasteiger partial charge in [0.25, 0.3) is 0 Å². The molecule has 1 fully saturated rings. The van der Waals surface area contributed by atoms with Crippen LogP contribution in [0.15, 0.2) is 29.2 Å². The van der Waals surface area contributed by atoms with Crippen LogP contribution in [0.5, 0.6) is 0 Å². The molecule has 1 heterocycles. The van der Waals surface area contributed by atoms with E-state index in [1.54, 1.807) is 24.0 Å². The molecular formula is C13H19N3O3S. The molecule has 110 valence electrons. The van der Waals surface area contributed by atoms with Crippen LogP contribution in [0.3, 0.4) is 0 Å². The molecule has 1 aliphatic rings. The molecule has 20 heavy (non-hydrogen) atoms. The molecular weight excluding hydrogens is 278 g/mol. The van der Waals surface area contributed by atoms with E-state index in [1.165, 1.54) is 12.1 Å². The summed E-state index contributed by atoms with van der Waals surface area (Å²) in [7, 11) is -3.73. The van der Waals surface area contributed by atoms with E-state index in [0.717, 1.165) is 12.8 Å². The fourth-order valence-electron chi connectivity index (χ4n) is 2.24. The second-order valence-electron chi connectivity index (χ2n) is 4.95. The lowest BCUT2D eigenvalue weighted by Gasteiger charge is -2.21. The lowest BCUT2D eigenvalue weighted by atomic mass is 10.3. The van der Waals surface area contributed by atoms with Gasteiger partial charge in [-0.15, -0.1) is 0 Å². The maximum absolute atomic E-state index is 12.2. The summed E-state index contributed by atoms with van der Waals surface area (Å²) in [6.07, 6.45) is 1.95. The Bertz CT molecular complexity index is 595. The Morgan fingerprint density at radius 2 is 2.00 bits per heavy atom. The van der Waals surface area contributed by atoms with Gasteiger partial charge in [0.05, 0.1) is 10.9 Å². The molecule has 0 bridgehead atoms. The number of nitrogens with two attached hydrogens (primary N) is 1. The quantitative estimate of drug-likeness (QED) is 0.794. The minimum atomic E-state index is -3.73. The molecule has 1 saturated heterocycles. The van der Waals surface area contributed by atoms with E-state index in [9.17, 15) is 13.2 Å². The van der Waals surface area contributed by atoms with Crippen molar-refractivity contribution in [2.45, 2.75) is 30.7 Å². The van der Waals surface area contributed by atoms with Crippen LogP contribution in [0.2, 0.25) is 0 Å². The molecule has 1 amide bonds. The summed E-state index contributed by atoms with van der Waals surface area (Å²) in [5.74, 6) is -0.185. The van der Waals surface area contributed by atoms with Crippen molar-refractivity contribution in [1.82, 2.24) is 9.62 Å². The highest BCUT2D eigenvalue weighted by Crippen LogP contribution is 2.14. The molecule has 1 unspecified atom stereocenters. The summed E-state index contributed by atoms with van der Waals surface area (Å²) in [5, 5.41) is 0. The van der Waals surface area contributed by atoms with Gasteiger partial charge in [-0.3, -0.25) is 4.79 Å². The molecule has 2 rings (SSSR count). The van der Waals surface area contributed by atoms with Gasteiger partial charge in [-0.1, -0.05) is 6.07 Å². The molecule has 1 aromatic carbocycles. The van der Waals surface area contributed by atoms with Crippen molar-refractivity contribution >= 4 is 21.6 Å². The maximum atomic E-state index is 12.2. The Kier molecular flexibility index (Phi) is 4.29. The highest BCUT2D eigenvalue weighted by atomic mass is 32.2. The predicted octanol–water partition coefficient (Wildman–Crippen LogP) is 0.558. The molecule has 3 N–H and O–H groups in total. The molecule has 1 aromatic rings. The van der Waals surface area contributed by atoms with E-state index in [0.29, 0.717) is 18.8 Å². The van der Waals surface area contributed by atoms with Crippen LogP contribution in [-0.4, -0.2) is 38.4 Å². The van der Waals surface area contributed by atoms with Crippen LogP contribution < -0.4 is 10.5 Å². The van der Waals surface area contributed by atoms with Crippen molar-refractivity contribution in [2.24, 2.45) is 0 Å². The minimum absolute atomic E-state index is 0.0681. The maximum Gasteiger partial charge on any atom is 0.241 e. The third kappa shape index (κ3) is 3.29. The number of carbonyl (C=O) groups is 1. The van der Waals surface area contributed by atoms with Gasteiger partial charge >= 0.3 is 0 Å². The zero-order valence-electron chi connectivity index (χ0n) is 11.4. The van der Waals surface area contributed by atoms with Crippen LogP contribution in [0.25, 0.3) is 0 Å². The molecule has 0 saturated carbocycles. The molecule has 7 heteroatoms. The van der Waals surface area contributed by atoms with Gasteiger partial charge in [-0.2, -0.15) is 4.72 Å². The number of benzene rings is 1. The zero-order chi connectivity index (χ0) is 14.8. The van der Waals surface area contributed by atoms with Crippen molar-refractivity contribution in [2.75, 3.05) is 18.8 Å². The van der Waals surface area contributed by atoms with Gasteiger partial charge in [-0.05, 0) is 38.0 Å². The fourth-order valence-corrected chi connectivity index (χ4v) is 3.50. The predicted molar refractivity (Wildman–Crippen MR) is 76.5 cm³/mol. The first-order valence-electron chi connectivity index (χ1n) is 6.57. The SMILES string of the molecule is CC(NS(=O)(=O)c1cccc(N)c1)C(=O)N1CCCC1. The van der Waals surface area contributed by atoms with E-state index in [1.807, 2.05) is 0 Å². The monoisotopic (exact) mass is 297 g/mol. The standard InChI is InChI=1S/C13H19N3O3S/c1-10(13(17)16-7-2-3-8-16)15-20(18,19)12-6-4-5-11(14)9-12/h4-6,9-10,15H,2-3,7-8,14H2,1H3. The first-order valence-corrected chi connectivity index (χ1v) is 8.05. The molecule has 0 spiro atoms. The lowest BCUT2D eigenvalue weighted by molar-refractivity contribution is -0.131. The molecule has 0 radical (unpaired) electrons. The second-order valence-corrected chi connectivity index (χ2v) is 6.66. The van der Waals surface area contributed by atoms with Gasteiger partial charge in [0.1, 0.15) is 0 Å². The summed E-state index contributed by atoms with van der Waals surface area (Å²) >= 11 is 0. The number of sulfonamides is 1. The van der Waals surface area contributed by atoms with Gasteiger partial charge in [0, 0.05) is 18.8 Å². The number of carbonyl (C=O) groups excluding carboxylic acids is 1. The Hall–Kier alpha value is -1.60. The average Bonchev–Trinajstić information content (AvgIpc) is 2.91. The number of likely N-dealkylation sites (tertiary alicyclic amines) is 1. The highest BCUT2D eigenvalue weighted by molar-refractivity contribution is 7.89. The van der Waals surface area contributed by atoms with E-state index >= 15 is 0 Å². The molecule has 1 aliphatic heterocycles. The topological polar surface area (TPSA) is 92.5 Å². The molecule has 0 aliphatic carbocycles. The largest absolute Gasteiger partial charge is 0.399 e. The van der Waals surface area contributed by atoms with E-state index in [2.05, 4.69) is 4.72 Å². The van der Waals surface area contributed by atoms with Gasteiger partial charge in [0.15, 0.2) is 0 Å². The number of amides is 1. The average molecular weight is 297 g/mol. The van der Waals surface area contributed by atoms with Crippen molar-refractivity contribution in [1.29, 1.82) is 0 Å². The Morgan fingerprint density at radius 1 is 1.35 bits per heavy atom. The lowest BCUT2D eigenvalue weighted by Crippen LogP contribution is -2.45. The van der Waals surface area contributed by atoms with Crippen LogP contribution in [0.1, 0.15) is 19.8 Å². The first-order chi connectivity index (χ1) is 9.40. The third-order valence-electron chi connectivity index (χ3n) is 3.29. The number of hydrogen-bond donors (Lipinski definition) is 2. The smallest absolute Gasteiger partial charge is 0.241 e. The van der Waals surface area contributed by atoms with Gasteiger partial charge in [-0.25, -0.2) is 8.42 Å². The molecule has 6 nitrogen and oxygen atoms in total. The number of nitrogens with zero attached hydrogens (tertiary/aromatic N) is 1. The Morgan fingerprint density at radius 3 is 2.60 bits per heavy atom. The van der Waals surface area contributed by atoms with Crippen molar-refractivity contribution in [3.63, 3.8) is 0 Å². The number of nitrogens with one attached hydrogen (secondary N) is 1. The first kappa shape index (κ1) is 14.8. The normalized spacial score (nSPS) is 17.1. The number of hydrogen-bond acceptors (Lipinski definition) is 4. The number of rotatable bonds is 4. The molecule has 1 atom stereocenters. The Labute approximate surface area is 119 Å². The van der Waals surface area contributed by atoms with E-state index in [-0.39, 0.29) is 10.8 Å². The summed E-state index contributed by atoms with van der Waals surface area (Å²) in [6, 6.07) is 5.22. The van der Waals surface area contributed by atoms with Crippen molar-refractivity contribution in [3.8, 4) is 0 Å². The fraction of sp³-hybridized carbons (Fsp3) is 0.462. The van der Waals surface area contributed by atoms with Gasteiger partial charge in [0.2, 0.25) is 15.9 Å². The van der Waals surface area contributed by atoms with Crippen LogP contribution >= 0.6 is 0 Å². The second kappa shape index (κ2) is 5.80.